The normalized spacial score (nSPS) is 13.8. The molecule has 0 aliphatic carbocycles. The van der Waals surface area contributed by atoms with E-state index in [0.717, 1.165) is 0 Å². The highest BCUT2D eigenvalue weighted by molar-refractivity contribution is 5.94. The Morgan fingerprint density at radius 3 is 1.69 bits per heavy atom. The van der Waals surface area contributed by atoms with E-state index in [4.69, 9.17) is 10.8 Å². The van der Waals surface area contributed by atoms with E-state index in [1.54, 1.807) is 24.3 Å². The van der Waals surface area contributed by atoms with Crippen molar-refractivity contribution < 1.29 is 44.4 Å². The molecule has 0 bridgehead atoms. The summed E-state index contributed by atoms with van der Waals surface area (Å²) in [5.41, 5.74) is 7.29. The lowest BCUT2D eigenvalue weighted by molar-refractivity contribution is -0.143. The predicted molar refractivity (Wildman–Crippen MR) is 138 cm³/mol. The lowest BCUT2D eigenvalue weighted by Gasteiger charge is -2.24. The van der Waals surface area contributed by atoms with E-state index >= 15 is 0 Å². The summed E-state index contributed by atoms with van der Waals surface area (Å²) < 4.78 is 0. The first kappa shape index (κ1) is 30.6. The number of aliphatic carboxylic acids is 2. The number of hydrogen-bond donors (Lipinski definition) is 8. The van der Waals surface area contributed by atoms with Crippen molar-refractivity contribution in [2.45, 2.75) is 56.8 Å². The Morgan fingerprint density at radius 2 is 1.21 bits per heavy atom. The number of carbonyl (C=O) groups excluding carboxylic acids is 3. The minimum absolute atomic E-state index is 0.000818. The molecule has 0 aliphatic rings. The van der Waals surface area contributed by atoms with Gasteiger partial charge in [0.05, 0.1) is 6.04 Å². The summed E-state index contributed by atoms with van der Waals surface area (Å²) >= 11 is 0. The number of carboxylic acids is 2. The van der Waals surface area contributed by atoms with Crippen molar-refractivity contribution in [3.8, 4) is 11.5 Å². The van der Waals surface area contributed by atoms with Gasteiger partial charge in [0.25, 0.3) is 0 Å². The minimum atomic E-state index is -1.47. The molecule has 13 heteroatoms. The van der Waals surface area contributed by atoms with Crippen LogP contribution in [-0.4, -0.2) is 74.3 Å². The summed E-state index contributed by atoms with van der Waals surface area (Å²) in [4.78, 5) is 60.6. The number of amides is 3. The van der Waals surface area contributed by atoms with Gasteiger partial charge in [0.15, 0.2) is 0 Å². The van der Waals surface area contributed by atoms with Gasteiger partial charge in [-0.1, -0.05) is 24.3 Å². The van der Waals surface area contributed by atoms with Gasteiger partial charge in [0, 0.05) is 12.8 Å². The molecule has 0 saturated heterocycles. The number of nitrogens with two attached hydrogens (primary N) is 1. The minimum Gasteiger partial charge on any atom is -0.508 e. The molecule has 4 unspecified atom stereocenters. The van der Waals surface area contributed by atoms with Gasteiger partial charge in [0.1, 0.15) is 29.6 Å². The molecule has 2 aromatic rings. The average Bonchev–Trinajstić information content (AvgIpc) is 2.88. The van der Waals surface area contributed by atoms with Crippen LogP contribution in [0.25, 0.3) is 0 Å². The molecule has 39 heavy (non-hydrogen) atoms. The SMILES string of the molecule is CC(NC(=O)C(Cc1ccc(O)cc1)NC(=O)C(N)Cc1ccc(O)cc1)C(=O)NC(CCC(=O)O)C(=O)O. The van der Waals surface area contributed by atoms with Gasteiger partial charge < -0.3 is 42.1 Å². The van der Waals surface area contributed by atoms with Gasteiger partial charge in [-0.25, -0.2) is 4.79 Å². The molecule has 210 valence electrons. The Labute approximate surface area is 224 Å². The number of benzene rings is 2. The fraction of sp³-hybridized carbons (Fsp3) is 0.346. The summed E-state index contributed by atoms with van der Waals surface area (Å²) in [6, 6.07) is 7.07. The monoisotopic (exact) mass is 544 g/mol. The van der Waals surface area contributed by atoms with Crippen LogP contribution in [-0.2, 0) is 36.8 Å². The number of carboxylic acid groups (broad SMARTS) is 2. The standard InChI is InChI=1S/C26H32N4O9/c1-14(23(35)29-20(26(38)39)10-11-22(33)34)28-25(37)21(13-16-4-8-18(32)9-5-16)30-24(36)19(27)12-15-2-6-17(31)7-3-15/h2-9,14,19-21,31-32H,10-13,27H2,1H3,(H,28,37)(H,29,35)(H,30,36)(H,33,34)(H,38,39). The van der Waals surface area contributed by atoms with Crippen molar-refractivity contribution in [1.82, 2.24) is 16.0 Å². The zero-order valence-corrected chi connectivity index (χ0v) is 21.2. The number of hydrogen-bond acceptors (Lipinski definition) is 8. The molecule has 3 amide bonds. The zero-order chi connectivity index (χ0) is 29.1. The third-order valence-corrected chi connectivity index (χ3v) is 5.75. The van der Waals surface area contributed by atoms with Gasteiger partial charge in [-0.3, -0.25) is 19.2 Å². The van der Waals surface area contributed by atoms with Crippen LogP contribution in [0.5, 0.6) is 11.5 Å². The van der Waals surface area contributed by atoms with E-state index in [1.165, 1.54) is 31.2 Å². The van der Waals surface area contributed by atoms with E-state index < -0.39 is 60.2 Å². The van der Waals surface area contributed by atoms with Crippen LogP contribution in [0.15, 0.2) is 48.5 Å². The summed E-state index contributed by atoms with van der Waals surface area (Å²) in [5.74, 6) is -4.87. The maximum atomic E-state index is 13.1. The highest BCUT2D eigenvalue weighted by atomic mass is 16.4. The third kappa shape index (κ3) is 10.3. The van der Waals surface area contributed by atoms with E-state index in [-0.39, 0.29) is 30.8 Å². The van der Waals surface area contributed by atoms with Gasteiger partial charge in [-0.05, 0) is 55.2 Å². The van der Waals surface area contributed by atoms with Crippen LogP contribution in [0.4, 0.5) is 0 Å². The number of rotatable bonds is 14. The van der Waals surface area contributed by atoms with Gasteiger partial charge >= 0.3 is 11.9 Å². The number of aromatic hydroxyl groups is 2. The molecular weight excluding hydrogens is 512 g/mol. The van der Waals surface area contributed by atoms with Crippen molar-refractivity contribution in [2.75, 3.05) is 0 Å². The summed E-state index contributed by atoms with van der Waals surface area (Å²) in [7, 11) is 0. The van der Waals surface area contributed by atoms with E-state index in [1.807, 2.05) is 0 Å². The number of nitrogens with one attached hydrogen (secondary N) is 3. The Morgan fingerprint density at radius 1 is 0.718 bits per heavy atom. The topological polar surface area (TPSA) is 228 Å². The Balaban J connectivity index is 2.11. The molecule has 0 saturated carbocycles. The quantitative estimate of drug-likeness (QED) is 0.154. The molecule has 9 N–H and O–H groups in total. The second kappa shape index (κ2) is 14.3. The first-order valence-electron chi connectivity index (χ1n) is 12.0. The summed E-state index contributed by atoms with van der Waals surface area (Å²) in [6.07, 6.45) is -0.738. The molecule has 2 rings (SSSR count). The van der Waals surface area contributed by atoms with Crippen LogP contribution in [0.1, 0.15) is 30.9 Å². The maximum Gasteiger partial charge on any atom is 0.326 e. The number of phenolic OH excluding ortho intramolecular Hbond substituents is 2. The number of phenols is 2. The highest BCUT2D eigenvalue weighted by Gasteiger charge is 2.29. The van der Waals surface area contributed by atoms with Gasteiger partial charge in [-0.2, -0.15) is 0 Å². The summed E-state index contributed by atoms with van der Waals surface area (Å²) in [5, 5.41) is 44.2. The molecule has 4 atom stereocenters. The molecule has 0 aromatic heterocycles. The van der Waals surface area contributed by atoms with E-state index in [0.29, 0.717) is 11.1 Å². The smallest absolute Gasteiger partial charge is 0.326 e. The zero-order valence-electron chi connectivity index (χ0n) is 21.2. The lowest BCUT2D eigenvalue weighted by atomic mass is 10.0. The first-order chi connectivity index (χ1) is 18.3. The van der Waals surface area contributed by atoms with Gasteiger partial charge in [-0.15, -0.1) is 0 Å². The largest absolute Gasteiger partial charge is 0.508 e. The maximum absolute atomic E-state index is 13.1. The Hall–Kier alpha value is -4.65. The summed E-state index contributed by atoms with van der Waals surface area (Å²) in [6.45, 7) is 1.30. The predicted octanol–water partition coefficient (Wildman–Crippen LogP) is -0.366. The third-order valence-electron chi connectivity index (χ3n) is 5.75. The van der Waals surface area contributed by atoms with Crippen LogP contribution >= 0.6 is 0 Å². The van der Waals surface area contributed by atoms with Crippen molar-refractivity contribution in [2.24, 2.45) is 5.73 Å². The Kier molecular flexibility index (Phi) is 11.2. The molecular formula is C26H32N4O9. The lowest BCUT2D eigenvalue weighted by Crippen LogP contribution is -2.57. The fourth-order valence-electron chi connectivity index (χ4n) is 3.54. The second-order valence-corrected chi connectivity index (χ2v) is 8.97. The first-order valence-corrected chi connectivity index (χ1v) is 12.0. The highest BCUT2D eigenvalue weighted by Crippen LogP contribution is 2.13. The molecule has 2 aromatic carbocycles. The molecule has 0 radical (unpaired) electrons. The van der Waals surface area contributed by atoms with Crippen LogP contribution < -0.4 is 21.7 Å². The Bertz CT molecular complexity index is 1170. The molecule has 0 aliphatic heterocycles. The average molecular weight is 545 g/mol. The van der Waals surface area contributed by atoms with Crippen molar-refractivity contribution in [3.63, 3.8) is 0 Å². The van der Waals surface area contributed by atoms with Gasteiger partial charge in [0.2, 0.25) is 17.7 Å². The van der Waals surface area contributed by atoms with Crippen LogP contribution in [0.2, 0.25) is 0 Å². The van der Waals surface area contributed by atoms with Crippen molar-refractivity contribution in [3.05, 3.63) is 59.7 Å². The molecule has 0 fully saturated rings. The van der Waals surface area contributed by atoms with Crippen LogP contribution in [0, 0.1) is 0 Å². The van der Waals surface area contributed by atoms with E-state index in [2.05, 4.69) is 16.0 Å². The van der Waals surface area contributed by atoms with Crippen molar-refractivity contribution >= 4 is 29.7 Å². The second-order valence-electron chi connectivity index (χ2n) is 8.97. The van der Waals surface area contributed by atoms with E-state index in [9.17, 15) is 39.3 Å². The number of carbonyl (C=O) groups is 5. The molecule has 0 spiro atoms. The molecule has 13 nitrogen and oxygen atoms in total. The molecule has 0 heterocycles. The fourth-order valence-corrected chi connectivity index (χ4v) is 3.54. The van der Waals surface area contributed by atoms with Crippen LogP contribution in [0.3, 0.4) is 0 Å². The van der Waals surface area contributed by atoms with Crippen molar-refractivity contribution in [1.29, 1.82) is 0 Å².